The van der Waals surface area contributed by atoms with Crippen LogP contribution in [0.25, 0.3) is 0 Å². The summed E-state index contributed by atoms with van der Waals surface area (Å²) in [6, 6.07) is 12.0. The molecule has 2 amide bonds. The van der Waals surface area contributed by atoms with E-state index in [1.54, 1.807) is 24.3 Å². The standard InChI is InChI=1S/C17H16ClFN4O3/c18-13-3-1-2-4-14(13)22-16(24)9-15(20)23-26-10-17(25)21-12-7-5-11(19)6-8-12/h1-8H,9-10H2,(H2,20,23)(H,21,25)(H,22,24). The van der Waals surface area contributed by atoms with Crippen LogP contribution in [0.2, 0.25) is 5.02 Å². The first kappa shape index (κ1) is 19.2. The molecule has 0 atom stereocenters. The van der Waals surface area contributed by atoms with Gasteiger partial charge in [-0.1, -0.05) is 28.9 Å². The zero-order valence-corrected chi connectivity index (χ0v) is 14.3. The Labute approximate surface area is 154 Å². The number of anilines is 2. The molecule has 136 valence electrons. The van der Waals surface area contributed by atoms with Gasteiger partial charge in [0, 0.05) is 5.69 Å². The molecule has 0 aliphatic rings. The summed E-state index contributed by atoms with van der Waals surface area (Å²) in [4.78, 5) is 28.3. The average Bonchev–Trinajstić information content (AvgIpc) is 2.59. The van der Waals surface area contributed by atoms with E-state index in [0.29, 0.717) is 16.4 Å². The molecule has 0 unspecified atom stereocenters. The van der Waals surface area contributed by atoms with Crippen molar-refractivity contribution in [3.63, 3.8) is 0 Å². The number of hydrogen-bond acceptors (Lipinski definition) is 4. The number of carbonyl (C=O) groups is 2. The molecule has 0 aliphatic carbocycles. The number of hydrogen-bond donors (Lipinski definition) is 3. The highest BCUT2D eigenvalue weighted by Gasteiger charge is 2.08. The van der Waals surface area contributed by atoms with Gasteiger partial charge in [-0.3, -0.25) is 9.59 Å². The summed E-state index contributed by atoms with van der Waals surface area (Å²) in [6.45, 7) is -0.412. The molecule has 26 heavy (non-hydrogen) atoms. The highest BCUT2D eigenvalue weighted by Crippen LogP contribution is 2.20. The molecule has 0 heterocycles. The van der Waals surface area contributed by atoms with Gasteiger partial charge >= 0.3 is 0 Å². The summed E-state index contributed by atoms with van der Waals surface area (Å²) < 4.78 is 12.8. The fraction of sp³-hybridized carbons (Fsp3) is 0.118. The van der Waals surface area contributed by atoms with Gasteiger partial charge in [0.25, 0.3) is 5.91 Å². The zero-order valence-electron chi connectivity index (χ0n) is 13.5. The summed E-state index contributed by atoms with van der Waals surface area (Å²) in [5, 5.41) is 8.97. The quantitative estimate of drug-likeness (QED) is 0.391. The summed E-state index contributed by atoms with van der Waals surface area (Å²) in [6.07, 6.45) is -0.231. The molecule has 0 spiro atoms. The molecule has 0 saturated heterocycles. The monoisotopic (exact) mass is 378 g/mol. The third-order valence-electron chi connectivity index (χ3n) is 3.00. The Morgan fingerprint density at radius 2 is 1.77 bits per heavy atom. The number of nitrogens with one attached hydrogen (secondary N) is 2. The molecular formula is C17H16ClFN4O3. The van der Waals surface area contributed by atoms with Gasteiger partial charge in [0.2, 0.25) is 5.91 Å². The molecule has 9 heteroatoms. The minimum Gasteiger partial charge on any atom is -0.384 e. The second kappa shape index (κ2) is 9.38. The van der Waals surface area contributed by atoms with Crippen LogP contribution in [-0.4, -0.2) is 24.3 Å². The lowest BCUT2D eigenvalue weighted by molar-refractivity contribution is -0.120. The Balaban J connectivity index is 1.75. The van der Waals surface area contributed by atoms with Crippen LogP contribution in [0.5, 0.6) is 0 Å². The van der Waals surface area contributed by atoms with Gasteiger partial charge in [0.05, 0.1) is 17.1 Å². The number of oxime groups is 1. The topological polar surface area (TPSA) is 106 Å². The molecule has 2 aromatic rings. The van der Waals surface area contributed by atoms with Crippen LogP contribution in [0.1, 0.15) is 6.42 Å². The Morgan fingerprint density at radius 3 is 2.46 bits per heavy atom. The lowest BCUT2D eigenvalue weighted by Gasteiger charge is -2.07. The van der Waals surface area contributed by atoms with E-state index in [1.807, 2.05) is 0 Å². The molecule has 4 N–H and O–H groups in total. The van der Waals surface area contributed by atoms with E-state index in [9.17, 15) is 14.0 Å². The van der Waals surface area contributed by atoms with Crippen molar-refractivity contribution in [1.82, 2.24) is 0 Å². The zero-order chi connectivity index (χ0) is 18.9. The van der Waals surface area contributed by atoms with E-state index in [1.165, 1.54) is 24.3 Å². The highest BCUT2D eigenvalue weighted by molar-refractivity contribution is 6.33. The fourth-order valence-corrected chi connectivity index (χ4v) is 2.04. The first-order valence-electron chi connectivity index (χ1n) is 7.48. The highest BCUT2D eigenvalue weighted by atomic mass is 35.5. The molecule has 0 fully saturated rings. The van der Waals surface area contributed by atoms with Crippen LogP contribution >= 0.6 is 11.6 Å². The van der Waals surface area contributed by atoms with Crippen LogP contribution in [0.15, 0.2) is 53.7 Å². The second-order valence-corrected chi connectivity index (χ2v) is 5.52. The molecule has 0 aromatic heterocycles. The SMILES string of the molecule is NC(CC(=O)Nc1ccccc1Cl)=NOCC(=O)Nc1ccc(F)cc1. The molecule has 2 rings (SSSR count). The first-order valence-corrected chi connectivity index (χ1v) is 7.86. The van der Waals surface area contributed by atoms with Gasteiger partial charge in [-0.25, -0.2) is 4.39 Å². The van der Waals surface area contributed by atoms with Crippen molar-refractivity contribution in [2.45, 2.75) is 6.42 Å². The third kappa shape index (κ3) is 6.40. The Kier molecular flexibility index (Phi) is 6.92. The molecule has 0 bridgehead atoms. The van der Waals surface area contributed by atoms with Crippen molar-refractivity contribution in [3.05, 3.63) is 59.4 Å². The maximum atomic E-state index is 12.8. The number of halogens is 2. The van der Waals surface area contributed by atoms with E-state index in [2.05, 4.69) is 15.8 Å². The second-order valence-electron chi connectivity index (χ2n) is 5.12. The van der Waals surface area contributed by atoms with Gasteiger partial charge in [0.15, 0.2) is 6.61 Å². The molecule has 0 aliphatic heterocycles. The Hall–Kier alpha value is -3.13. The smallest absolute Gasteiger partial charge is 0.265 e. The molecular weight excluding hydrogens is 363 g/mol. The largest absolute Gasteiger partial charge is 0.384 e. The van der Waals surface area contributed by atoms with Crippen LogP contribution in [0, 0.1) is 5.82 Å². The van der Waals surface area contributed by atoms with Gasteiger partial charge < -0.3 is 21.2 Å². The number of nitrogens with zero attached hydrogens (tertiary/aromatic N) is 1. The van der Waals surface area contributed by atoms with Gasteiger partial charge in [-0.2, -0.15) is 0 Å². The minimum absolute atomic E-state index is 0.107. The van der Waals surface area contributed by atoms with Crippen molar-refractivity contribution < 1.29 is 18.8 Å². The fourth-order valence-electron chi connectivity index (χ4n) is 1.86. The van der Waals surface area contributed by atoms with Crippen LogP contribution < -0.4 is 16.4 Å². The van der Waals surface area contributed by atoms with E-state index in [-0.39, 0.29) is 12.3 Å². The number of carbonyl (C=O) groups excluding carboxylic acids is 2. The average molecular weight is 379 g/mol. The Morgan fingerprint density at radius 1 is 1.08 bits per heavy atom. The first-order chi connectivity index (χ1) is 12.4. The van der Waals surface area contributed by atoms with Crippen molar-refractivity contribution in [2.24, 2.45) is 10.9 Å². The van der Waals surface area contributed by atoms with Crippen molar-refractivity contribution >= 4 is 40.6 Å². The predicted molar refractivity (Wildman–Crippen MR) is 97.3 cm³/mol. The molecule has 7 nitrogen and oxygen atoms in total. The summed E-state index contributed by atoms with van der Waals surface area (Å²) in [7, 11) is 0. The lowest BCUT2D eigenvalue weighted by Crippen LogP contribution is -2.23. The minimum atomic E-state index is -0.506. The lowest BCUT2D eigenvalue weighted by atomic mass is 10.3. The number of nitrogens with two attached hydrogens (primary N) is 1. The summed E-state index contributed by atoms with van der Waals surface area (Å²) >= 11 is 5.93. The normalized spacial score (nSPS) is 10.9. The number of amidine groups is 1. The molecule has 0 saturated carbocycles. The van der Waals surface area contributed by atoms with Crippen LogP contribution in [-0.2, 0) is 14.4 Å². The van der Waals surface area contributed by atoms with Gasteiger partial charge in [-0.15, -0.1) is 0 Å². The van der Waals surface area contributed by atoms with Crippen molar-refractivity contribution in [1.29, 1.82) is 0 Å². The van der Waals surface area contributed by atoms with E-state index in [4.69, 9.17) is 22.2 Å². The number of benzene rings is 2. The number of amides is 2. The van der Waals surface area contributed by atoms with Crippen LogP contribution in [0.4, 0.5) is 15.8 Å². The van der Waals surface area contributed by atoms with Crippen molar-refractivity contribution in [2.75, 3.05) is 17.2 Å². The summed E-state index contributed by atoms with van der Waals surface area (Å²) in [5.74, 6) is -1.46. The predicted octanol–water partition coefficient (Wildman–Crippen LogP) is 2.74. The van der Waals surface area contributed by atoms with E-state index in [0.717, 1.165) is 0 Å². The van der Waals surface area contributed by atoms with Gasteiger partial charge in [-0.05, 0) is 36.4 Å². The maximum Gasteiger partial charge on any atom is 0.265 e. The van der Waals surface area contributed by atoms with Gasteiger partial charge in [0.1, 0.15) is 11.7 Å². The summed E-state index contributed by atoms with van der Waals surface area (Å²) in [5.41, 5.74) is 6.44. The Bertz CT molecular complexity index is 812. The maximum absolute atomic E-state index is 12.8. The number of rotatable bonds is 7. The van der Waals surface area contributed by atoms with E-state index >= 15 is 0 Å². The van der Waals surface area contributed by atoms with E-state index < -0.39 is 24.2 Å². The third-order valence-corrected chi connectivity index (χ3v) is 3.32. The van der Waals surface area contributed by atoms with Crippen molar-refractivity contribution in [3.8, 4) is 0 Å². The van der Waals surface area contributed by atoms with Crippen LogP contribution in [0.3, 0.4) is 0 Å². The molecule has 2 aromatic carbocycles. The number of para-hydroxylation sites is 1. The molecule has 0 radical (unpaired) electrons.